The number of piperidine rings is 1. The largest absolute Gasteiger partial charge is 0.478 e. The highest BCUT2D eigenvalue weighted by Crippen LogP contribution is 2.28. The van der Waals surface area contributed by atoms with Crippen molar-refractivity contribution in [1.29, 1.82) is 0 Å². The van der Waals surface area contributed by atoms with Crippen LogP contribution < -0.4 is 0 Å². The average Bonchev–Trinajstić information content (AvgIpc) is 2.95. The fourth-order valence-corrected chi connectivity index (χ4v) is 3.99. The van der Waals surface area contributed by atoms with Gasteiger partial charge in [-0.05, 0) is 51.3 Å². The SMILES string of the molecule is CC(=O)c1c(C)nn(CC(=O)N2CCC[C@@H](c3cccc(C(=O)O)c3)C2)c1C. The minimum absolute atomic E-state index is 0.0419. The van der Waals surface area contributed by atoms with Crippen molar-refractivity contribution in [2.75, 3.05) is 13.1 Å². The number of carbonyl (C=O) groups is 3. The van der Waals surface area contributed by atoms with Gasteiger partial charge < -0.3 is 10.0 Å². The summed E-state index contributed by atoms with van der Waals surface area (Å²) in [4.78, 5) is 37.7. The van der Waals surface area contributed by atoms with E-state index in [1.165, 1.54) is 6.92 Å². The van der Waals surface area contributed by atoms with Gasteiger partial charge in [0.1, 0.15) is 6.54 Å². The molecule has 7 heteroatoms. The zero-order valence-corrected chi connectivity index (χ0v) is 16.4. The molecule has 1 N–H and O–H groups in total. The van der Waals surface area contributed by atoms with E-state index in [2.05, 4.69) is 5.10 Å². The summed E-state index contributed by atoms with van der Waals surface area (Å²) in [6.07, 6.45) is 1.78. The number of aromatic nitrogens is 2. The highest BCUT2D eigenvalue weighted by molar-refractivity contribution is 5.96. The zero-order chi connectivity index (χ0) is 20.4. The molecule has 0 aliphatic carbocycles. The maximum absolute atomic E-state index is 12.8. The molecule has 2 aromatic rings. The first-order valence-electron chi connectivity index (χ1n) is 9.44. The summed E-state index contributed by atoms with van der Waals surface area (Å²) in [7, 11) is 0. The van der Waals surface area contributed by atoms with E-state index in [1.807, 2.05) is 11.0 Å². The molecule has 0 radical (unpaired) electrons. The second-order valence-corrected chi connectivity index (χ2v) is 7.37. The van der Waals surface area contributed by atoms with Crippen LogP contribution in [-0.4, -0.2) is 50.5 Å². The number of rotatable bonds is 5. The van der Waals surface area contributed by atoms with Gasteiger partial charge in [-0.15, -0.1) is 0 Å². The minimum atomic E-state index is -0.948. The quantitative estimate of drug-likeness (QED) is 0.802. The predicted octanol–water partition coefficient (Wildman–Crippen LogP) is 2.81. The number of likely N-dealkylation sites (tertiary alicyclic amines) is 1. The Balaban J connectivity index is 1.73. The van der Waals surface area contributed by atoms with Crippen molar-refractivity contribution in [3.8, 4) is 0 Å². The van der Waals surface area contributed by atoms with Crippen molar-refractivity contribution in [2.24, 2.45) is 0 Å². The smallest absolute Gasteiger partial charge is 0.335 e. The molecule has 1 atom stereocenters. The third-order valence-corrected chi connectivity index (χ3v) is 5.40. The summed E-state index contributed by atoms with van der Waals surface area (Å²) in [6.45, 7) is 6.41. The normalized spacial score (nSPS) is 16.8. The van der Waals surface area contributed by atoms with Gasteiger partial charge in [-0.2, -0.15) is 5.10 Å². The lowest BCUT2D eigenvalue weighted by molar-refractivity contribution is -0.133. The molecule has 1 aliphatic rings. The van der Waals surface area contributed by atoms with E-state index >= 15 is 0 Å². The molecule has 1 aliphatic heterocycles. The Morgan fingerprint density at radius 3 is 2.64 bits per heavy atom. The third-order valence-electron chi connectivity index (χ3n) is 5.40. The van der Waals surface area contributed by atoms with Crippen molar-refractivity contribution in [3.05, 3.63) is 52.3 Å². The molecule has 2 heterocycles. The summed E-state index contributed by atoms with van der Waals surface area (Å²) in [5, 5.41) is 13.6. The summed E-state index contributed by atoms with van der Waals surface area (Å²) >= 11 is 0. The van der Waals surface area contributed by atoms with Gasteiger partial charge in [-0.25, -0.2) is 4.79 Å². The van der Waals surface area contributed by atoms with Gasteiger partial charge in [0.05, 0.1) is 16.8 Å². The number of carbonyl (C=O) groups excluding carboxylic acids is 2. The van der Waals surface area contributed by atoms with Gasteiger partial charge >= 0.3 is 5.97 Å². The third kappa shape index (κ3) is 3.98. The van der Waals surface area contributed by atoms with Crippen LogP contribution in [0, 0.1) is 13.8 Å². The molecule has 148 valence electrons. The van der Waals surface area contributed by atoms with Crippen LogP contribution in [0.4, 0.5) is 0 Å². The highest BCUT2D eigenvalue weighted by Gasteiger charge is 2.26. The van der Waals surface area contributed by atoms with E-state index in [1.54, 1.807) is 36.7 Å². The Morgan fingerprint density at radius 1 is 1.25 bits per heavy atom. The van der Waals surface area contributed by atoms with Crippen LogP contribution in [0.25, 0.3) is 0 Å². The summed E-state index contributed by atoms with van der Waals surface area (Å²) < 4.78 is 1.60. The van der Waals surface area contributed by atoms with Crippen LogP contribution in [0.1, 0.15) is 63.4 Å². The Kier molecular flexibility index (Phi) is 5.63. The topological polar surface area (TPSA) is 92.5 Å². The van der Waals surface area contributed by atoms with E-state index in [0.717, 1.165) is 18.4 Å². The standard InChI is InChI=1S/C21H25N3O4/c1-13-20(15(3)25)14(2)24(22-13)12-19(26)23-9-5-8-18(11-23)16-6-4-7-17(10-16)21(27)28/h4,6-7,10,18H,5,8-9,11-12H2,1-3H3,(H,27,28)/t18-/m1/s1. The molecule has 1 amide bonds. The molecule has 1 aromatic carbocycles. The lowest BCUT2D eigenvalue weighted by Gasteiger charge is -2.33. The van der Waals surface area contributed by atoms with Crippen molar-refractivity contribution >= 4 is 17.7 Å². The summed E-state index contributed by atoms with van der Waals surface area (Å²) in [5.74, 6) is -0.925. The zero-order valence-electron chi connectivity index (χ0n) is 16.4. The number of nitrogens with zero attached hydrogens (tertiary/aromatic N) is 3. The fraction of sp³-hybridized carbons (Fsp3) is 0.429. The molecule has 0 bridgehead atoms. The molecular formula is C21H25N3O4. The molecule has 0 saturated carbocycles. The van der Waals surface area contributed by atoms with Gasteiger partial charge in [-0.1, -0.05) is 12.1 Å². The maximum atomic E-state index is 12.8. The van der Waals surface area contributed by atoms with Crippen LogP contribution >= 0.6 is 0 Å². The fourth-order valence-electron chi connectivity index (χ4n) is 3.99. The molecule has 28 heavy (non-hydrogen) atoms. The molecule has 0 spiro atoms. The lowest BCUT2D eigenvalue weighted by Crippen LogP contribution is -2.41. The predicted molar refractivity (Wildman–Crippen MR) is 104 cm³/mol. The number of carboxylic acid groups (broad SMARTS) is 1. The molecule has 0 unspecified atom stereocenters. The van der Waals surface area contributed by atoms with E-state index in [0.29, 0.717) is 30.0 Å². The Bertz CT molecular complexity index is 932. The summed E-state index contributed by atoms with van der Waals surface area (Å²) in [6, 6.07) is 6.94. The minimum Gasteiger partial charge on any atom is -0.478 e. The second kappa shape index (κ2) is 7.96. The maximum Gasteiger partial charge on any atom is 0.335 e. The molecule has 1 saturated heterocycles. The number of amides is 1. The van der Waals surface area contributed by atoms with E-state index < -0.39 is 5.97 Å². The monoisotopic (exact) mass is 383 g/mol. The first kappa shape index (κ1) is 19.8. The number of carboxylic acids is 1. The molecule has 3 rings (SSSR count). The molecule has 7 nitrogen and oxygen atoms in total. The Labute approximate surface area is 164 Å². The number of benzene rings is 1. The van der Waals surface area contributed by atoms with E-state index in [-0.39, 0.29) is 29.7 Å². The van der Waals surface area contributed by atoms with Crippen molar-refractivity contribution in [1.82, 2.24) is 14.7 Å². The van der Waals surface area contributed by atoms with Crippen molar-refractivity contribution in [3.63, 3.8) is 0 Å². The van der Waals surface area contributed by atoms with Crippen LogP contribution in [0.3, 0.4) is 0 Å². The van der Waals surface area contributed by atoms with Crippen LogP contribution in [0.5, 0.6) is 0 Å². The first-order valence-corrected chi connectivity index (χ1v) is 9.44. The van der Waals surface area contributed by atoms with Crippen LogP contribution in [0.2, 0.25) is 0 Å². The number of aromatic carboxylic acids is 1. The van der Waals surface area contributed by atoms with E-state index in [4.69, 9.17) is 0 Å². The van der Waals surface area contributed by atoms with Gasteiger partial charge in [0, 0.05) is 24.7 Å². The molecule has 1 aromatic heterocycles. The average molecular weight is 383 g/mol. The lowest BCUT2D eigenvalue weighted by atomic mass is 9.89. The number of hydrogen-bond donors (Lipinski definition) is 1. The van der Waals surface area contributed by atoms with Gasteiger partial charge in [0.2, 0.25) is 5.91 Å². The highest BCUT2D eigenvalue weighted by atomic mass is 16.4. The van der Waals surface area contributed by atoms with Gasteiger partial charge in [0.25, 0.3) is 0 Å². The number of aryl methyl sites for hydroxylation is 1. The molecular weight excluding hydrogens is 358 g/mol. The van der Waals surface area contributed by atoms with Crippen LogP contribution in [0.15, 0.2) is 24.3 Å². The van der Waals surface area contributed by atoms with Crippen LogP contribution in [-0.2, 0) is 11.3 Å². The van der Waals surface area contributed by atoms with Gasteiger partial charge in [0.15, 0.2) is 5.78 Å². The molecule has 1 fully saturated rings. The number of Topliss-reactive ketones (excluding diaryl/α,β-unsaturated/α-hetero) is 1. The van der Waals surface area contributed by atoms with Gasteiger partial charge in [-0.3, -0.25) is 14.3 Å². The Hall–Kier alpha value is -2.96. The van der Waals surface area contributed by atoms with Crippen molar-refractivity contribution in [2.45, 2.75) is 46.1 Å². The summed E-state index contributed by atoms with van der Waals surface area (Å²) in [5.41, 5.74) is 3.14. The van der Waals surface area contributed by atoms with Crippen molar-refractivity contribution < 1.29 is 19.5 Å². The first-order chi connectivity index (χ1) is 13.3. The second-order valence-electron chi connectivity index (χ2n) is 7.37. The Morgan fingerprint density at radius 2 is 2.00 bits per heavy atom. The number of ketones is 1. The number of hydrogen-bond acceptors (Lipinski definition) is 4. The van der Waals surface area contributed by atoms with E-state index in [9.17, 15) is 19.5 Å².